The molecule has 0 bridgehead atoms. The van der Waals surface area contributed by atoms with Gasteiger partial charge >= 0.3 is 0 Å². The highest BCUT2D eigenvalue weighted by Gasteiger charge is 2.26. The van der Waals surface area contributed by atoms with Gasteiger partial charge in [-0.1, -0.05) is 18.2 Å². The Morgan fingerprint density at radius 2 is 2.41 bits per heavy atom. The quantitative estimate of drug-likeness (QED) is 0.821. The Morgan fingerprint density at radius 1 is 1.65 bits per heavy atom. The number of rotatable bonds is 3. The Kier molecular flexibility index (Phi) is 3.29. The average molecular weight is 229 g/mol. The molecule has 17 heavy (non-hydrogen) atoms. The summed E-state index contributed by atoms with van der Waals surface area (Å²) in [5.41, 5.74) is 2.20. The van der Waals surface area contributed by atoms with E-state index in [1.807, 2.05) is 24.3 Å². The van der Waals surface area contributed by atoms with E-state index in [2.05, 4.69) is 16.7 Å². The summed E-state index contributed by atoms with van der Waals surface area (Å²) in [4.78, 5) is 11.9. The fourth-order valence-corrected chi connectivity index (χ4v) is 1.88. The molecule has 0 fully saturated rings. The van der Waals surface area contributed by atoms with Crippen molar-refractivity contribution in [3.05, 3.63) is 29.8 Å². The van der Waals surface area contributed by atoms with E-state index in [4.69, 9.17) is 5.26 Å². The van der Waals surface area contributed by atoms with Crippen LogP contribution in [0, 0.1) is 17.2 Å². The molecule has 4 nitrogen and oxygen atoms in total. The topological polar surface area (TPSA) is 64.9 Å². The second kappa shape index (κ2) is 4.88. The molecule has 0 aliphatic carbocycles. The van der Waals surface area contributed by atoms with E-state index < -0.39 is 0 Å². The number of hydrogen-bond donors (Lipinski definition) is 2. The zero-order chi connectivity index (χ0) is 12.3. The summed E-state index contributed by atoms with van der Waals surface area (Å²) in [7, 11) is 0. The predicted octanol–water partition coefficient (Wildman–Crippen LogP) is 1.30. The van der Waals surface area contributed by atoms with Gasteiger partial charge in [0.15, 0.2) is 0 Å². The maximum Gasteiger partial charge on any atom is 0.242 e. The molecule has 1 aromatic carbocycles. The predicted molar refractivity (Wildman–Crippen MR) is 65.3 cm³/mol. The molecule has 1 heterocycles. The van der Waals surface area contributed by atoms with Gasteiger partial charge in [-0.2, -0.15) is 5.26 Å². The highest BCUT2D eigenvalue weighted by Crippen LogP contribution is 2.24. The van der Waals surface area contributed by atoms with Gasteiger partial charge in [-0.25, -0.2) is 0 Å². The normalized spacial score (nSPS) is 18.7. The van der Waals surface area contributed by atoms with Crippen LogP contribution in [0.25, 0.3) is 0 Å². The molecule has 1 amide bonds. The molecule has 2 N–H and O–H groups in total. The van der Waals surface area contributed by atoms with Crippen LogP contribution in [0.2, 0.25) is 0 Å². The zero-order valence-corrected chi connectivity index (χ0v) is 9.73. The summed E-state index contributed by atoms with van der Waals surface area (Å²) in [5.74, 6) is -0.189. The number of fused-ring (bicyclic) bond motifs is 1. The molecule has 0 radical (unpaired) electrons. The van der Waals surface area contributed by atoms with Gasteiger partial charge in [-0.3, -0.25) is 4.79 Å². The van der Waals surface area contributed by atoms with Crippen LogP contribution in [0.1, 0.15) is 12.5 Å². The monoisotopic (exact) mass is 229 g/mol. The van der Waals surface area contributed by atoms with E-state index in [0.29, 0.717) is 13.0 Å². The number of benzene rings is 1. The van der Waals surface area contributed by atoms with Crippen molar-refractivity contribution in [2.75, 3.05) is 11.9 Å². The van der Waals surface area contributed by atoms with Crippen LogP contribution < -0.4 is 10.6 Å². The van der Waals surface area contributed by atoms with Crippen molar-refractivity contribution in [1.29, 1.82) is 5.26 Å². The van der Waals surface area contributed by atoms with Crippen LogP contribution in [-0.2, 0) is 11.2 Å². The second-order valence-electron chi connectivity index (χ2n) is 4.33. The lowest BCUT2D eigenvalue weighted by molar-refractivity contribution is -0.121. The summed E-state index contributed by atoms with van der Waals surface area (Å²) < 4.78 is 0. The molecule has 4 heteroatoms. The van der Waals surface area contributed by atoms with Crippen molar-refractivity contribution in [2.24, 2.45) is 5.92 Å². The molecule has 0 aromatic heterocycles. The summed E-state index contributed by atoms with van der Waals surface area (Å²) in [5, 5.41) is 14.6. The fourth-order valence-electron chi connectivity index (χ4n) is 1.88. The summed E-state index contributed by atoms with van der Waals surface area (Å²) >= 11 is 0. The number of nitrogens with one attached hydrogen (secondary N) is 2. The molecule has 0 spiro atoms. The van der Waals surface area contributed by atoms with Gasteiger partial charge < -0.3 is 10.6 Å². The van der Waals surface area contributed by atoms with Gasteiger partial charge in [0, 0.05) is 18.7 Å². The van der Waals surface area contributed by atoms with Crippen molar-refractivity contribution < 1.29 is 4.79 Å². The van der Waals surface area contributed by atoms with Crippen LogP contribution in [0.15, 0.2) is 24.3 Å². The highest BCUT2D eigenvalue weighted by atomic mass is 16.2. The second-order valence-corrected chi connectivity index (χ2v) is 4.33. The van der Waals surface area contributed by atoms with Gasteiger partial charge in [-0.05, 0) is 18.6 Å². The zero-order valence-electron chi connectivity index (χ0n) is 9.73. The first kappa shape index (κ1) is 11.5. The Bertz CT molecular complexity index is 439. The van der Waals surface area contributed by atoms with Crippen molar-refractivity contribution in [3.63, 3.8) is 0 Å². The number of carbonyl (C=O) groups excluding carboxylic acids is 1. The lowest BCUT2D eigenvalue weighted by atomic mass is 10.1. The third-order valence-electron chi connectivity index (χ3n) is 2.89. The van der Waals surface area contributed by atoms with Crippen molar-refractivity contribution >= 4 is 11.6 Å². The Balaban J connectivity index is 1.90. The van der Waals surface area contributed by atoms with Crippen LogP contribution in [0.4, 0.5) is 5.69 Å². The average Bonchev–Trinajstić information content (AvgIpc) is 2.79. The van der Waals surface area contributed by atoms with Gasteiger partial charge in [0.05, 0.1) is 12.0 Å². The molecule has 2 rings (SSSR count). The number of amides is 1. The lowest BCUT2D eigenvalue weighted by Crippen LogP contribution is -2.40. The van der Waals surface area contributed by atoms with Crippen molar-refractivity contribution in [1.82, 2.24) is 5.32 Å². The van der Waals surface area contributed by atoms with Crippen LogP contribution in [-0.4, -0.2) is 18.5 Å². The van der Waals surface area contributed by atoms with E-state index in [0.717, 1.165) is 5.69 Å². The number of hydrogen-bond acceptors (Lipinski definition) is 3. The number of para-hydroxylation sites is 1. The summed E-state index contributed by atoms with van der Waals surface area (Å²) in [6.45, 7) is 2.20. The minimum Gasteiger partial charge on any atom is -0.373 e. The SMILES string of the molecule is CC(C#N)CNC(=O)[C@@H]1Cc2ccccc2N1. The van der Waals surface area contributed by atoms with Crippen LogP contribution >= 0.6 is 0 Å². The Hall–Kier alpha value is -2.02. The number of nitriles is 1. The number of nitrogens with zero attached hydrogens (tertiary/aromatic N) is 1. The fraction of sp³-hybridized carbons (Fsp3) is 0.385. The van der Waals surface area contributed by atoms with Crippen LogP contribution in [0.5, 0.6) is 0 Å². The highest BCUT2D eigenvalue weighted by molar-refractivity contribution is 5.87. The first-order valence-corrected chi connectivity index (χ1v) is 5.72. The molecular weight excluding hydrogens is 214 g/mol. The Morgan fingerprint density at radius 3 is 3.12 bits per heavy atom. The number of anilines is 1. The maximum atomic E-state index is 11.9. The van der Waals surface area contributed by atoms with Crippen molar-refractivity contribution in [2.45, 2.75) is 19.4 Å². The molecule has 88 valence electrons. The maximum absolute atomic E-state index is 11.9. The molecule has 1 aliphatic rings. The molecule has 0 saturated heterocycles. The van der Waals surface area contributed by atoms with E-state index in [9.17, 15) is 4.79 Å². The first-order valence-electron chi connectivity index (χ1n) is 5.72. The third-order valence-corrected chi connectivity index (χ3v) is 2.89. The van der Waals surface area contributed by atoms with Gasteiger partial charge in [0.1, 0.15) is 6.04 Å². The Labute approximate surface area is 101 Å². The molecule has 1 unspecified atom stereocenters. The largest absolute Gasteiger partial charge is 0.373 e. The smallest absolute Gasteiger partial charge is 0.242 e. The molecular formula is C13H15N3O. The molecule has 1 aliphatic heterocycles. The standard InChI is InChI=1S/C13H15N3O/c1-9(7-14)8-15-13(17)12-6-10-4-2-3-5-11(10)16-12/h2-5,9,12,16H,6,8H2,1H3,(H,15,17)/t9?,12-/m0/s1. The van der Waals surface area contributed by atoms with E-state index in [1.165, 1.54) is 5.56 Å². The van der Waals surface area contributed by atoms with Crippen LogP contribution in [0.3, 0.4) is 0 Å². The van der Waals surface area contributed by atoms with Crippen molar-refractivity contribution in [3.8, 4) is 6.07 Å². The molecule has 0 saturated carbocycles. The molecule has 2 atom stereocenters. The minimum absolute atomic E-state index is 0.0386. The summed E-state index contributed by atoms with van der Waals surface area (Å²) in [6.07, 6.45) is 0.711. The van der Waals surface area contributed by atoms with Gasteiger partial charge in [-0.15, -0.1) is 0 Å². The van der Waals surface area contributed by atoms with Gasteiger partial charge in [0.2, 0.25) is 5.91 Å². The third kappa shape index (κ3) is 2.56. The molecule has 1 aromatic rings. The summed E-state index contributed by atoms with van der Waals surface area (Å²) in [6, 6.07) is 9.80. The minimum atomic E-state index is -0.210. The first-order chi connectivity index (χ1) is 8.20. The van der Waals surface area contributed by atoms with E-state index in [-0.39, 0.29) is 17.9 Å². The van der Waals surface area contributed by atoms with Gasteiger partial charge in [0.25, 0.3) is 0 Å². The van der Waals surface area contributed by atoms with E-state index in [1.54, 1.807) is 6.92 Å². The number of carbonyl (C=O) groups is 1. The van der Waals surface area contributed by atoms with E-state index >= 15 is 0 Å². The lowest BCUT2D eigenvalue weighted by Gasteiger charge is -2.12.